The maximum absolute atomic E-state index is 11.6. The number of phenols is 1. The van der Waals surface area contributed by atoms with E-state index in [0.717, 1.165) is 0 Å². The summed E-state index contributed by atoms with van der Waals surface area (Å²) in [5.74, 6) is -0.969. The maximum Gasteiger partial charge on any atom is 0.305 e. The van der Waals surface area contributed by atoms with Crippen LogP contribution in [0, 0.1) is 0 Å². The molecule has 1 unspecified atom stereocenters. The normalized spacial score (nSPS) is 12.0. The molecule has 0 aliphatic carbocycles. The fourth-order valence-electron chi connectivity index (χ4n) is 2.16. The van der Waals surface area contributed by atoms with E-state index in [4.69, 9.17) is 5.73 Å². The lowest BCUT2D eigenvalue weighted by atomic mass is 10.0. The number of hydrogen-bond acceptors (Lipinski definition) is 6. The van der Waals surface area contributed by atoms with Crippen molar-refractivity contribution in [1.29, 1.82) is 0 Å². The first kappa shape index (κ1) is 17.6. The highest BCUT2D eigenvalue weighted by Crippen LogP contribution is 2.18. The van der Waals surface area contributed by atoms with E-state index in [9.17, 15) is 19.5 Å². The Morgan fingerprint density at radius 3 is 2.68 bits per heavy atom. The number of primary amides is 1. The van der Waals surface area contributed by atoms with Crippen LogP contribution < -0.4 is 5.73 Å². The second-order valence-electron chi connectivity index (χ2n) is 4.95. The first-order chi connectivity index (χ1) is 10.4. The van der Waals surface area contributed by atoms with E-state index in [1.807, 2.05) is 0 Å². The van der Waals surface area contributed by atoms with Gasteiger partial charge < -0.3 is 15.6 Å². The van der Waals surface area contributed by atoms with Gasteiger partial charge in [0.1, 0.15) is 12.0 Å². The summed E-state index contributed by atoms with van der Waals surface area (Å²) < 4.78 is 4.54. The molecule has 0 aliphatic rings. The van der Waals surface area contributed by atoms with Crippen molar-refractivity contribution >= 4 is 18.2 Å². The smallest absolute Gasteiger partial charge is 0.305 e. The largest absolute Gasteiger partial charge is 0.508 e. The summed E-state index contributed by atoms with van der Waals surface area (Å²) in [7, 11) is 2.93. The lowest BCUT2D eigenvalue weighted by Gasteiger charge is -2.25. The number of phenolic OH excluding ortho intramolecular Hbond substituents is 1. The van der Waals surface area contributed by atoms with Gasteiger partial charge >= 0.3 is 5.97 Å². The minimum atomic E-state index is -0.680. The van der Waals surface area contributed by atoms with Crippen LogP contribution in [0.5, 0.6) is 5.75 Å². The molecule has 7 heteroatoms. The molecule has 0 aromatic heterocycles. The molecule has 1 atom stereocenters. The molecular formula is C15H20N2O5. The summed E-state index contributed by atoms with van der Waals surface area (Å²) in [5, 5.41) is 9.51. The van der Waals surface area contributed by atoms with Gasteiger partial charge in [-0.1, -0.05) is 0 Å². The van der Waals surface area contributed by atoms with Crippen LogP contribution in [0.1, 0.15) is 28.8 Å². The molecule has 3 N–H and O–H groups in total. The highest BCUT2D eigenvalue weighted by Gasteiger charge is 2.22. The Morgan fingerprint density at radius 1 is 1.45 bits per heavy atom. The number of likely N-dealkylation sites (N-methyl/N-ethyl adjacent to an activating group) is 1. The Kier molecular flexibility index (Phi) is 6.52. The zero-order valence-corrected chi connectivity index (χ0v) is 12.6. The van der Waals surface area contributed by atoms with Crippen molar-refractivity contribution < 1.29 is 24.2 Å². The van der Waals surface area contributed by atoms with E-state index in [0.29, 0.717) is 17.4 Å². The summed E-state index contributed by atoms with van der Waals surface area (Å²) in [6.45, 7) is 0.233. The molecule has 0 radical (unpaired) electrons. The van der Waals surface area contributed by atoms with Crippen molar-refractivity contribution in [2.75, 3.05) is 14.2 Å². The van der Waals surface area contributed by atoms with Gasteiger partial charge in [-0.15, -0.1) is 0 Å². The zero-order valence-electron chi connectivity index (χ0n) is 12.6. The third-order valence-electron chi connectivity index (χ3n) is 3.38. The van der Waals surface area contributed by atoms with Crippen LogP contribution in [0.3, 0.4) is 0 Å². The molecule has 7 nitrogen and oxygen atoms in total. The molecule has 0 bridgehead atoms. The van der Waals surface area contributed by atoms with E-state index in [-0.39, 0.29) is 25.1 Å². The molecule has 1 amide bonds. The average Bonchev–Trinajstić information content (AvgIpc) is 2.47. The number of benzene rings is 1. The Labute approximate surface area is 128 Å². The van der Waals surface area contributed by atoms with Gasteiger partial charge in [0, 0.05) is 18.5 Å². The van der Waals surface area contributed by atoms with Gasteiger partial charge in [-0.25, -0.2) is 0 Å². The summed E-state index contributed by atoms with van der Waals surface area (Å²) in [4.78, 5) is 35.4. The van der Waals surface area contributed by atoms with Gasteiger partial charge in [0.05, 0.1) is 13.2 Å². The van der Waals surface area contributed by atoms with Crippen molar-refractivity contribution in [3.8, 4) is 5.75 Å². The molecule has 0 saturated carbocycles. The first-order valence-corrected chi connectivity index (χ1v) is 6.72. The second-order valence-corrected chi connectivity index (χ2v) is 4.95. The minimum Gasteiger partial charge on any atom is -0.508 e. The maximum atomic E-state index is 11.6. The number of hydrogen-bond donors (Lipinski definition) is 2. The van der Waals surface area contributed by atoms with Gasteiger partial charge in [-0.2, -0.15) is 0 Å². The molecule has 0 heterocycles. The topological polar surface area (TPSA) is 110 Å². The third kappa shape index (κ3) is 4.85. The van der Waals surface area contributed by atoms with E-state index in [2.05, 4.69) is 4.74 Å². The SMILES string of the molecule is COC(=O)CCC(C(N)=O)N(C)Cc1cc(O)ccc1C=O. The van der Waals surface area contributed by atoms with Crippen LogP contribution in [0.2, 0.25) is 0 Å². The molecule has 1 rings (SSSR count). The number of carbonyl (C=O) groups excluding carboxylic acids is 3. The highest BCUT2D eigenvalue weighted by atomic mass is 16.5. The van der Waals surface area contributed by atoms with Gasteiger partial charge in [0.25, 0.3) is 0 Å². The number of methoxy groups -OCH3 is 1. The van der Waals surface area contributed by atoms with E-state index in [1.165, 1.54) is 25.3 Å². The number of ether oxygens (including phenoxy) is 1. The third-order valence-corrected chi connectivity index (χ3v) is 3.38. The summed E-state index contributed by atoms with van der Waals surface area (Å²) in [6, 6.07) is 3.69. The van der Waals surface area contributed by atoms with Crippen LogP contribution in [-0.4, -0.2) is 48.4 Å². The van der Waals surface area contributed by atoms with Crippen molar-refractivity contribution in [3.63, 3.8) is 0 Å². The monoisotopic (exact) mass is 308 g/mol. The predicted molar refractivity (Wildman–Crippen MR) is 79.2 cm³/mol. The van der Waals surface area contributed by atoms with Crippen LogP contribution >= 0.6 is 0 Å². The molecule has 1 aromatic carbocycles. The molecule has 0 aliphatic heterocycles. The Morgan fingerprint density at radius 2 is 2.14 bits per heavy atom. The van der Waals surface area contributed by atoms with Crippen molar-refractivity contribution in [1.82, 2.24) is 4.90 Å². The number of aldehydes is 1. The van der Waals surface area contributed by atoms with Gasteiger partial charge in [0.2, 0.25) is 5.91 Å². The van der Waals surface area contributed by atoms with Gasteiger partial charge in [-0.3, -0.25) is 19.3 Å². The average molecular weight is 308 g/mol. The van der Waals surface area contributed by atoms with Gasteiger partial charge in [-0.05, 0) is 37.2 Å². The van der Waals surface area contributed by atoms with Crippen LogP contribution in [0.4, 0.5) is 0 Å². The van der Waals surface area contributed by atoms with E-state index >= 15 is 0 Å². The first-order valence-electron chi connectivity index (χ1n) is 6.72. The number of esters is 1. The number of nitrogens with zero attached hydrogens (tertiary/aromatic N) is 1. The molecule has 120 valence electrons. The fraction of sp³-hybridized carbons (Fsp3) is 0.400. The molecule has 22 heavy (non-hydrogen) atoms. The van der Waals surface area contributed by atoms with Gasteiger partial charge in [0.15, 0.2) is 0 Å². The molecule has 0 fully saturated rings. The molecule has 1 aromatic rings. The fourth-order valence-corrected chi connectivity index (χ4v) is 2.16. The van der Waals surface area contributed by atoms with Crippen molar-refractivity contribution in [2.45, 2.75) is 25.4 Å². The standard InChI is InChI=1S/C15H20N2O5/c1-17(13(15(16)21)5-6-14(20)22-2)8-11-7-12(19)4-3-10(11)9-18/h3-4,7,9,13,19H,5-6,8H2,1-2H3,(H2,16,21). The van der Waals surface area contributed by atoms with E-state index in [1.54, 1.807) is 11.9 Å². The summed E-state index contributed by atoms with van der Waals surface area (Å²) in [5.41, 5.74) is 6.36. The molecular weight excluding hydrogens is 288 g/mol. The summed E-state index contributed by atoms with van der Waals surface area (Å²) in [6.07, 6.45) is 0.957. The minimum absolute atomic E-state index is 0.0270. The zero-order chi connectivity index (χ0) is 16.7. The quantitative estimate of drug-likeness (QED) is 0.533. The molecule has 0 saturated heterocycles. The lowest BCUT2D eigenvalue weighted by molar-refractivity contribution is -0.141. The Balaban J connectivity index is 2.85. The Hall–Kier alpha value is -2.41. The Bertz CT molecular complexity index is 559. The second kappa shape index (κ2) is 8.14. The summed E-state index contributed by atoms with van der Waals surface area (Å²) >= 11 is 0. The number of nitrogens with two attached hydrogens (primary N) is 1. The van der Waals surface area contributed by atoms with Crippen LogP contribution in [0.15, 0.2) is 18.2 Å². The van der Waals surface area contributed by atoms with E-state index < -0.39 is 17.9 Å². The van der Waals surface area contributed by atoms with Crippen molar-refractivity contribution in [3.05, 3.63) is 29.3 Å². The predicted octanol–water partition coefficient (Wildman–Crippen LogP) is 0.444. The van der Waals surface area contributed by atoms with Crippen molar-refractivity contribution in [2.24, 2.45) is 5.73 Å². The number of rotatable bonds is 8. The number of carbonyl (C=O) groups is 3. The number of aromatic hydroxyl groups is 1. The number of amides is 1. The lowest BCUT2D eigenvalue weighted by Crippen LogP contribution is -2.42. The highest BCUT2D eigenvalue weighted by molar-refractivity contribution is 5.81. The molecule has 0 spiro atoms. The van der Waals surface area contributed by atoms with Crippen LogP contribution in [0.25, 0.3) is 0 Å². The van der Waals surface area contributed by atoms with Crippen LogP contribution in [-0.2, 0) is 20.9 Å².